The maximum Gasteiger partial charge on any atom is 0.418 e. The number of carbonyl (C=O) groups excluding carboxylic acids is 1. The van der Waals surface area contributed by atoms with Crippen LogP contribution in [-0.4, -0.2) is 121 Å². The van der Waals surface area contributed by atoms with Gasteiger partial charge in [0.2, 0.25) is 5.91 Å². The van der Waals surface area contributed by atoms with Gasteiger partial charge in [0, 0.05) is 220 Å². The SMILES string of the molecule is Cc1cc(-n2c(=O)ccc3cnc4ccc(-c5cnc6ccccc6c5)cc4c32)ccc1F.Cc1cc(-n2c(=O)ccc3cnc4ccc(C5=Cc6cc(O)ccc6C5)cc4c32)ccc1N1CCNCC1.Cc1ccc(-c2ccc3ncc4ccc(=O)n(-c5ccc(F)c(C)c5)c4c3c2)cn1.[C-]#[N+]c1ccc(-c2ccc3ncc4ccc(=O)n(-c5ccc(N6CCN(C(=O)CC)CC6)c(C(F)(F)F)c5)c4c3c2)cn1. The number of alkyl halides is 3. The van der Waals surface area contributed by atoms with Crippen LogP contribution in [0, 0.1) is 45.9 Å². The van der Waals surface area contributed by atoms with Crippen LogP contribution in [0.1, 0.15) is 58.0 Å². The van der Waals surface area contributed by atoms with Crippen LogP contribution >= 0.6 is 0 Å². The highest BCUT2D eigenvalue weighted by Gasteiger charge is 2.37. The van der Waals surface area contributed by atoms with Crippen LogP contribution in [0.15, 0.2) is 329 Å². The Morgan fingerprint density at radius 2 is 0.826 bits per heavy atom. The predicted molar refractivity (Wildman–Crippen MR) is 561 cm³/mol. The van der Waals surface area contributed by atoms with Gasteiger partial charge in [-0.05, 0) is 272 Å². The van der Waals surface area contributed by atoms with Crippen molar-refractivity contribution in [1.29, 1.82) is 0 Å². The minimum Gasteiger partial charge on any atom is -0.508 e. The van der Waals surface area contributed by atoms with Crippen molar-refractivity contribution in [2.75, 3.05) is 62.2 Å². The first-order chi connectivity index (χ1) is 69.8. The Kier molecular flexibility index (Phi) is 24.6. The number of anilines is 2. The Labute approximate surface area is 820 Å². The number of hydrogen-bond acceptors (Lipinski definition) is 16. The molecule has 13 heterocycles. The highest BCUT2D eigenvalue weighted by Crippen LogP contribution is 2.43. The van der Waals surface area contributed by atoms with Crippen molar-refractivity contribution in [2.24, 2.45) is 0 Å². The fourth-order valence-corrected chi connectivity index (χ4v) is 19.6. The van der Waals surface area contributed by atoms with Crippen molar-refractivity contribution in [1.82, 2.24) is 63.4 Å². The molecule has 0 radical (unpaired) electrons. The molecule has 0 saturated carbocycles. The van der Waals surface area contributed by atoms with E-state index in [9.17, 15) is 51.0 Å². The number of allylic oxidation sites excluding steroid dienone is 1. The summed E-state index contributed by atoms with van der Waals surface area (Å²) in [4.78, 5) is 105. The van der Waals surface area contributed by atoms with Gasteiger partial charge in [0.25, 0.3) is 28.1 Å². The zero-order valence-electron chi connectivity index (χ0n) is 78.7. The van der Waals surface area contributed by atoms with E-state index in [1.54, 1.807) is 137 Å². The summed E-state index contributed by atoms with van der Waals surface area (Å²) in [5.41, 5.74) is 21.4. The van der Waals surface area contributed by atoms with E-state index in [0.717, 1.165) is 176 Å². The maximum atomic E-state index is 14.5. The van der Waals surface area contributed by atoms with Crippen molar-refractivity contribution in [3.05, 3.63) is 419 Å². The summed E-state index contributed by atoms with van der Waals surface area (Å²) in [7, 11) is 0. The van der Waals surface area contributed by atoms with Crippen LogP contribution in [0.5, 0.6) is 5.75 Å². The van der Waals surface area contributed by atoms with Crippen molar-refractivity contribution in [3.8, 4) is 61.9 Å². The maximum absolute atomic E-state index is 14.5. The average Bonchev–Trinajstić information content (AvgIpc) is 1.16. The number of para-hydroxylation sites is 1. The van der Waals surface area contributed by atoms with Gasteiger partial charge >= 0.3 is 6.18 Å². The largest absolute Gasteiger partial charge is 0.508 e. The molecule has 3 aliphatic rings. The number of phenols is 1. The summed E-state index contributed by atoms with van der Waals surface area (Å²) in [6.07, 6.45) is 10.8. The molecule has 1 aliphatic carbocycles. The first-order valence-electron chi connectivity index (χ1n) is 47.1. The molecule has 0 atom stereocenters. The summed E-state index contributed by atoms with van der Waals surface area (Å²) in [5, 5.41) is 20.8. The molecule has 144 heavy (non-hydrogen) atoms. The number of piperazine rings is 2. The molecule has 1 amide bonds. The lowest BCUT2D eigenvalue weighted by molar-refractivity contribution is -0.137. The molecular formula is C117H89F5N16O6. The van der Waals surface area contributed by atoms with Gasteiger partial charge in [-0.3, -0.25) is 72.1 Å². The van der Waals surface area contributed by atoms with E-state index in [1.165, 1.54) is 63.9 Å². The molecule has 27 heteroatoms. The molecular weight excluding hydrogens is 1820 g/mol. The Morgan fingerprint density at radius 1 is 0.396 bits per heavy atom. The minimum atomic E-state index is -4.68. The summed E-state index contributed by atoms with van der Waals surface area (Å²) < 4.78 is 77.7. The molecule has 2 N–H and O–H groups in total. The second-order valence-corrected chi connectivity index (χ2v) is 36.1. The second kappa shape index (κ2) is 38.4. The number of nitrogens with zero attached hydrogens (tertiary/aromatic N) is 15. The normalized spacial score (nSPS) is 13.1. The van der Waals surface area contributed by atoms with E-state index in [1.807, 2.05) is 139 Å². The molecule has 708 valence electrons. The van der Waals surface area contributed by atoms with Crippen LogP contribution < -0.4 is 37.4 Å². The molecule has 2 aliphatic heterocycles. The number of aromatic hydroxyl groups is 1. The number of phenolic OH excluding ortho intramolecular Hbond substituents is 1. The minimum absolute atomic E-state index is 0.0114. The number of rotatable bonds is 11. The van der Waals surface area contributed by atoms with E-state index in [4.69, 9.17) is 11.6 Å². The van der Waals surface area contributed by atoms with Crippen molar-refractivity contribution in [2.45, 2.75) is 53.6 Å². The summed E-state index contributed by atoms with van der Waals surface area (Å²) in [5.74, 6) is -0.0942. The Balaban J connectivity index is 0.000000114. The molecule has 10 aromatic carbocycles. The molecule has 2 fully saturated rings. The van der Waals surface area contributed by atoms with Gasteiger partial charge < -0.3 is 30.0 Å². The number of nitrogens with one attached hydrogen (secondary N) is 1. The average molecular weight is 1910 g/mol. The van der Waals surface area contributed by atoms with Gasteiger partial charge in [0.15, 0.2) is 0 Å². The lowest BCUT2D eigenvalue weighted by Gasteiger charge is -2.37. The number of pyridine rings is 11. The smallest absolute Gasteiger partial charge is 0.418 e. The summed E-state index contributed by atoms with van der Waals surface area (Å²) >= 11 is 0. The molecule has 22 nitrogen and oxygen atoms in total. The Morgan fingerprint density at radius 3 is 1.29 bits per heavy atom. The van der Waals surface area contributed by atoms with Gasteiger partial charge in [-0.1, -0.05) is 80.2 Å². The monoisotopic (exact) mass is 1910 g/mol. The van der Waals surface area contributed by atoms with Crippen LogP contribution in [0.3, 0.4) is 0 Å². The zero-order chi connectivity index (χ0) is 99.5. The zero-order valence-corrected chi connectivity index (χ0v) is 78.7. The fraction of sp³-hybridized carbons (Fsp3) is 0.137. The third kappa shape index (κ3) is 18.0. The summed E-state index contributed by atoms with van der Waals surface area (Å²) in [6.45, 7) is 21.5. The molecule has 24 rings (SSSR count). The van der Waals surface area contributed by atoms with Crippen molar-refractivity contribution >= 4 is 133 Å². The highest BCUT2D eigenvalue weighted by molar-refractivity contribution is 6.10. The Bertz CT molecular complexity index is 9160. The van der Waals surface area contributed by atoms with Crippen molar-refractivity contribution < 1.29 is 31.9 Å². The van der Waals surface area contributed by atoms with E-state index >= 15 is 0 Å². The molecule has 0 unspecified atom stereocenters. The number of halogens is 5. The number of aryl methyl sites for hydroxylation is 4. The van der Waals surface area contributed by atoms with Gasteiger partial charge in [0.05, 0.1) is 60.9 Å². The second-order valence-electron chi connectivity index (χ2n) is 36.1. The van der Waals surface area contributed by atoms with Gasteiger partial charge in [-0.2, -0.15) is 13.2 Å². The molecule has 11 aromatic heterocycles. The predicted octanol–water partition coefficient (Wildman–Crippen LogP) is 22.8. The third-order valence-corrected chi connectivity index (χ3v) is 27.0. The molecule has 0 bridgehead atoms. The van der Waals surface area contributed by atoms with E-state index in [2.05, 4.69) is 94.4 Å². The number of aromatic nitrogens is 11. The van der Waals surface area contributed by atoms with Crippen LogP contribution in [0.25, 0.3) is 171 Å². The van der Waals surface area contributed by atoms with Gasteiger partial charge in [-0.25, -0.2) is 8.78 Å². The standard InChI is InChI=1S/C32H25F3N6O2.C32H28N4O2.C28H18FN3O.C25H18FN3O/c1-3-29(42)40-14-12-39(13-15-40)27-9-7-23(17-25(27)32(33,34)35)41-30(43)11-6-22-19-37-26-8-4-20(16-24(26)31(22)41)21-5-10-28(36-2)38-18-21;1-20-14-26(5-8-30(20)35-12-10-33-11-13-35)36-31(38)9-4-23-19-34-29-7-3-22(18-28(29)32(23)36)24-15-21-2-6-27(37)17-25(21)16-24;1-17-12-22(8-9-24(17)29)32-27(33)11-7-20-15-31-26-10-6-18(14-23(26)28(20)32)21-13-19-4-2-3-5-25(19)30-16-21;1-15-11-20(7-8-22(15)26)29-24(30)10-6-19-14-28-23-9-5-17(12-21(23)25(19)29)18-4-3-16(2)27-13-18/h4-11,16-19H,3,12-15H2,1H3;2-9,14,16-19,33,37H,10-13,15H2,1H3;2-16H,1H3;3-14H,1-2H3. The van der Waals surface area contributed by atoms with E-state index in [-0.39, 0.29) is 70.3 Å². The van der Waals surface area contributed by atoms with E-state index < -0.39 is 17.3 Å². The first-order valence-corrected chi connectivity index (χ1v) is 47.1. The number of benzene rings is 10. The van der Waals surface area contributed by atoms with Crippen LogP contribution in [0.2, 0.25) is 0 Å². The molecule has 2 saturated heterocycles. The highest BCUT2D eigenvalue weighted by atomic mass is 19.4. The summed E-state index contributed by atoms with van der Waals surface area (Å²) in [6, 6.07) is 79.4. The third-order valence-electron chi connectivity index (χ3n) is 27.0. The number of carbonyl (C=O) groups is 1. The van der Waals surface area contributed by atoms with Crippen LogP contribution in [-0.2, 0) is 17.4 Å². The topological polar surface area (TPSA) is 242 Å². The number of hydrogen-bond donors (Lipinski definition) is 2. The molecule has 21 aromatic rings. The lowest BCUT2D eigenvalue weighted by atomic mass is 10.0. The van der Waals surface area contributed by atoms with Gasteiger partial charge in [-0.15, -0.1) is 4.98 Å². The molecule has 0 spiro atoms. The quantitative estimate of drug-likeness (QED) is 0.0695. The fourth-order valence-electron chi connectivity index (χ4n) is 19.6. The lowest BCUT2D eigenvalue weighted by Crippen LogP contribution is -2.49. The Hall–Kier alpha value is -17.9. The van der Waals surface area contributed by atoms with E-state index in [0.29, 0.717) is 63.8 Å². The first kappa shape index (κ1) is 92.5. The number of amides is 1. The van der Waals surface area contributed by atoms with Crippen LogP contribution in [0.4, 0.5) is 39.1 Å². The van der Waals surface area contributed by atoms with Crippen molar-refractivity contribution in [3.63, 3.8) is 0 Å². The van der Waals surface area contributed by atoms with Gasteiger partial charge in [0.1, 0.15) is 23.6 Å². The number of fused-ring (bicyclic) bond motifs is 14.